The normalized spacial score (nSPS) is 12.5. The van der Waals surface area contributed by atoms with Crippen molar-refractivity contribution in [2.24, 2.45) is 0 Å². The van der Waals surface area contributed by atoms with Crippen LogP contribution < -0.4 is 21.7 Å². The molecule has 0 saturated heterocycles. The van der Waals surface area contributed by atoms with Crippen molar-refractivity contribution in [3.05, 3.63) is 255 Å². The van der Waals surface area contributed by atoms with E-state index in [-0.39, 0.29) is 66.2 Å². The zero-order valence-corrected chi connectivity index (χ0v) is 47.3. The van der Waals surface area contributed by atoms with Gasteiger partial charge in [-0.2, -0.15) is 36.9 Å². The van der Waals surface area contributed by atoms with Crippen LogP contribution in [0.2, 0.25) is 30.1 Å². The number of nitrogens with zero attached hydrogens (tertiary/aromatic N) is 2. The molecule has 27 heteroatoms. The zero-order valence-electron chi connectivity index (χ0n) is 42.0. The summed E-state index contributed by atoms with van der Waals surface area (Å²) >= 11 is 41.0. The molecule has 0 radical (unpaired) electrons. The van der Waals surface area contributed by atoms with Crippen LogP contribution in [0.3, 0.4) is 0 Å². The molecule has 0 aliphatic heterocycles. The molecule has 8 aromatic rings. The molecule has 85 heavy (non-hydrogen) atoms. The third-order valence-corrected chi connectivity index (χ3v) is 13.8. The van der Waals surface area contributed by atoms with E-state index in [1.54, 1.807) is 6.07 Å². The molecule has 0 saturated carbocycles. The van der Waals surface area contributed by atoms with Gasteiger partial charge in [0.2, 0.25) is 0 Å². The minimum absolute atomic E-state index is 0.0407. The average Bonchev–Trinajstić information content (AvgIpc) is 1.95. The molecule has 3 amide bonds. The number of alkyl halides is 8. The average molecular weight is 1310 g/mol. The van der Waals surface area contributed by atoms with Crippen molar-refractivity contribution in [1.29, 1.82) is 10.5 Å². The molecule has 0 spiro atoms. The van der Waals surface area contributed by atoms with Crippen molar-refractivity contribution in [3.63, 3.8) is 0 Å². The van der Waals surface area contributed by atoms with Crippen molar-refractivity contribution in [2.45, 2.75) is 23.7 Å². The van der Waals surface area contributed by atoms with Crippen molar-refractivity contribution in [1.82, 2.24) is 0 Å². The molecule has 0 heterocycles. The Hall–Kier alpha value is -8.05. The second-order valence-corrected chi connectivity index (χ2v) is 20.2. The van der Waals surface area contributed by atoms with Crippen LogP contribution in [0, 0.1) is 34.3 Å². The fraction of sp³-hybridized carbons (Fsp3) is 0.0690. The Labute approximate surface area is 510 Å². The summed E-state index contributed by atoms with van der Waals surface area (Å²) < 4.78 is 142. The molecule has 0 bridgehead atoms. The van der Waals surface area contributed by atoms with E-state index in [9.17, 15) is 59.6 Å². The van der Waals surface area contributed by atoms with Crippen LogP contribution in [-0.2, 0) is 11.3 Å². The maximum atomic E-state index is 15.8. The third kappa shape index (κ3) is 15.1. The van der Waals surface area contributed by atoms with Crippen LogP contribution in [0.15, 0.2) is 158 Å². The van der Waals surface area contributed by atoms with Gasteiger partial charge in [-0.15, -0.1) is 0 Å². The van der Waals surface area contributed by atoms with Gasteiger partial charge in [-0.1, -0.05) is 118 Å². The number of rotatable bonds is 11. The van der Waals surface area contributed by atoms with Gasteiger partial charge < -0.3 is 21.7 Å². The van der Waals surface area contributed by atoms with Crippen LogP contribution in [0.4, 0.5) is 66.7 Å². The predicted molar refractivity (Wildman–Crippen MR) is 305 cm³/mol. The summed E-state index contributed by atoms with van der Waals surface area (Å²) in [5.74, 6) is -3.92. The van der Waals surface area contributed by atoms with Gasteiger partial charge in [-0.05, 0) is 121 Å². The van der Waals surface area contributed by atoms with Gasteiger partial charge >= 0.3 is 12.4 Å². The van der Waals surface area contributed by atoms with Gasteiger partial charge in [-0.25, -0.2) is 17.6 Å². The lowest BCUT2D eigenvalue weighted by Crippen LogP contribution is -2.39. The maximum absolute atomic E-state index is 15.8. The number of nitrogens with two attached hydrogens (primary N) is 1. The van der Waals surface area contributed by atoms with E-state index < -0.39 is 101 Å². The fourth-order valence-electron chi connectivity index (χ4n) is 7.65. The van der Waals surface area contributed by atoms with E-state index in [2.05, 4.69) is 16.0 Å². The van der Waals surface area contributed by atoms with Crippen LogP contribution >= 0.6 is 81.2 Å². The first kappa shape index (κ1) is 66.1. The van der Waals surface area contributed by atoms with Crippen LogP contribution in [0.5, 0.6) is 0 Å². The molecule has 10 nitrogen and oxygen atoms in total. The molecule has 5 N–H and O–H groups in total. The second-order valence-electron chi connectivity index (χ2n) is 17.3. The maximum Gasteiger partial charge on any atom is 0.431 e. The van der Waals surface area contributed by atoms with Gasteiger partial charge in [-0.3, -0.25) is 19.2 Å². The molecule has 2 unspecified atom stereocenters. The summed E-state index contributed by atoms with van der Waals surface area (Å²) in [7, 11) is 0. The van der Waals surface area contributed by atoms with Gasteiger partial charge in [0, 0.05) is 43.4 Å². The third-order valence-electron chi connectivity index (χ3n) is 11.9. The number of nitrogen functional groups attached to an aromatic ring is 1. The van der Waals surface area contributed by atoms with Crippen LogP contribution in [-0.4, -0.2) is 35.3 Å². The van der Waals surface area contributed by atoms with E-state index >= 15 is 8.78 Å². The predicted octanol–water partition coefficient (Wildman–Crippen LogP) is 18.3. The number of hydrogen-bond donors (Lipinski definition) is 4. The van der Waals surface area contributed by atoms with E-state index in [1.807, 2.05) is 12.1 Å². The smallest absolute Gasteiger partial charge is 0.398 e. The number of nitrogens with one attached hydrogen (secondary N) is 3. The molecule has 0 aliphatic carbocycles. The summed E-state index contributed by atoms with van der Waals surface area (Å²) in [5.41, 5.74) is -6.61. The lowest BCUT2D eigenvalue weighted by molar-refractivity contribution is -0.219. The number of carbonyl (C=O) groups excluding carboxylic acids is 4. The quantitative estimate of drug-likeness (QED) is 0.0565. The Morgan fingerprint density at radius 1 is 0.435 bits per heavy atom. The molecule has 0 aromatic heterocycles. The van der Waals surface area contributed by atoms with Gasteiger partial charge in [0.1, 0.15) is 23.8 Å². The SMILES string of the molecule is N#Cc1ccc(C(=O)Nc2c(Cl)cc(C(F)(c3ccc(Cl)cc3)C(F)(F)F)cc2Cl)cc1N.N#Cc1ccc(C(=O)Nc2c(Cl)cc(C(F)(c3ccc(Cl)cc3)C(F)(F)F)cc2Cl)cc1NC(=O)c1ccccc1F.O=C(Cl)c1ccccc1F. The van der Waals surface area contributed by atoms with Crippen molar-refractivity contribution in [3.8, 4) is 12.1 Å². The minimum Gasteiger partial charge on any atom is -0.398 e. The summed E-state index contributed by atoms with van der Waals surface area (Å²) in [6.45, 7) is 0. The highest BCUT2D eigenvalue weighted by molar-refractivity contribution is 6.67. The molecule has 0 aliphatic rings. The van der Waals surface area contributed by atoms with Crippen molar-refractivity contribution in [2.75, 3.05) is 21.7 Å². The Kier molecular flexibility index (Phi) is 21.2. The zero-order chi connectivity index (χ0) is 62.9. The Balaban J connectivity index is 0.000000238. The van der Waals surface area contributed by atoms with Gasteiger partial charge in [0.25, 0.3) is 34.3 Å². The number of anilines is 4. The summed E-state index contributed by atoms with van der Waals surface area (Å²) in [5, 5.41) is 23.0. The van der Waals surface area contributed by atoms with Crippen molar-refractivity contribution >= 4 is 127 Å². The molecule has 2 atom stereocenters. The molecule has 8 aromatic carbocycles. The highest BCUT2D eigenvalue weighted by Crippen LogP contribution is 2.52. The number of amides is 3. The highest BCUT2D eigenvalue weighted by atomic mass is 35.5. The summed E-state index contributed by atoms with van der Waals surface area (Å²) in [4.78, 5) is 48.5. The van der Waals surface area contributed by atoms with Gasteiger partial charge in [0.05, 0.1) is 65.1 Å². The highest BCUT2D eigenvalue weighted by Gasteiger charge is 2.60. The van der Waals surface area contributed by atoms with E-state index in [0.29, 0.717) is 12.1 Å². The molecule has 436 valence electrons. The molecular formula is C58H31Cl7F10N6O4. The van der Waals surface area contributed by atoms with Gasteiger partial charge in [0.15, 0.2) is 0 Å². The number of benzene rings is 8. The van der Waals surface area contributed by atoms with Crippen molar-refractivity contribution < 1.29 is 63.1 Å². The largest absolute Gasteiger partial charge is 0.431 e. The summed E-state index contributed by atoms with van der Waals surface area (Å²) in [6.07, 6.45) is -10.8. The fourth-order valence-corrected chi connectivity index (χ4v) is 9.22. The van der Waals surface area contributed by atoms with E-state index in [0.717, 1.165) is 72.8 Å². The minimum atomic E-state index is -5.43. The lowest BCUT2D eigenvalue weighted by Gasteiger charge is -2.29. The first-order chi connectivity index (χ1) is 39.8. The Morgan fingerprint density at radius 3 is 1.14 bits per heavy atom. The summed E-state index contributed by atoms with van der Waals surface area (Å²) in [6, 6.07) is 32.6. The topological polar surface area (TPSA) is 178 Å². The Morgan fingerprint density at radius 2 is 0.800 bits per heavy atom. The van der Waals surface area contributed by atoms with Crippen LogP contribution in [0.1, 0.15) is 74.8 Å². The standard InChI is InChI=1S/C29H15Cl3F5N3O2.C22H12Cl3F4N3O.C7H4ClFO/c30-19-9-7-17(8-10-19)28(34,29(35,36)37)18-12-21(31)25(22(32)13-18)40-26(41)15-5-6-16(14-38)24(11-15)39-27(42)20-3-1-2-4-23(20)33;23-15-5-3-13(4-6-15)21(26,22(27,28)29)14-8-16(24)19(17(25)9-14)32-20(33)11-1-2-12(10-30)18(31)7-11;8-7(10)5-3-1-2-4-6(5)9/h1-13H,(H,39,42)(H,40,41);1-9H,31H2,(H,32,33);1-4H. The lowest BCUT2D eigenvalue weighted by atomic mass is 9.87. The molecule has 0 fully saturated rings. The number of nitriles is 2. The molecule has 8 rings (SSSR count). The van der Waals surface area contributed by atoms with Crippen LogP contribution in [0.25, 0.3) is 0 Å². The first-order valence-electron chi connectivity index (χ1n) is 23.3. The first-order valence-corrected chi connectivity index (χ1v) is 26.0. The Bertz CT molecular complexity index is 3930. The molecular weight excluding hydrogens is 1280 g/mol. The van der Waals surface area contributed by atoms with E-state index in [4.69, 9.17) is 92.2 Å². The van der Waals surface area contributed by atoms with E-state index in [1.165, 1.54) is 66.7 Å². The number of hydrogen-bond acceptors (Lipinski definition) is 7. The number of carbonyl (C=O) groups is 4. The number of halogens is 17. The second kappa shape index (κ2) is 27.3. The monoisotopic (exact) mass is 1310 g/mol.